The van der Waals surface area contributed by atoms with E-state index in [-0.39, 0.29) is 0 Å². The monoisotopic (exact) mass is 355 g/mol. The molecule has 0 saturated carbocycles. The van der Waals surface area contributed by atoms with Crippen molar-refractivity contribution in [3.63, 3.8) is 0 Å². The fourth-order valence-electron chi connectivity index (χ4n) is 3.73. The third kappa shape index (κ3) is 3.64. The second-order valence-electron chi connectivity index (χ2n) is 6.67. The number of morpholine rings is 1. The van der Waals surface area contributed by atoms with Crippen molar-refractivity contribution in [1.29, 1.82) is 0 Å². The molecule has 0 atom stereocenters. The standard InChI is InChI=1S/C19H25N5O2/c1-25-19-15(3-2-6-20-19)13-23-7-4-16-17(5-8-23)21-14-22-18(16)24-9-11-26-12-10-24/h2-3,6,14H,4-5,7-13H2,1H3. The molecule has 0 aromatic carbocycles. The van der Waals surface area contributed by atoms with Gasteiger partial charge in [-0.05, 0) is 12.5 Å². The number of methoxy groups -OCH3 is 1. The van der Waals surface area contributed by atoms with Gasteiger partial charge in [0.25, 0.3) is 0 Å². The summed E-state index contributed by atoms with van der Waals surface area (Å²) in [4.78, 5) is 18.3. The molecule has 2 aromatic heterocycles. The van der Waals surface area contributed by atoms with E-state index in [4.69, 9.17) is 9.47 Å². The summed E-state index contributed by atoms with van der Waals surface area (Å²) in [6, 6.07) is 4.05. The van der Waals surface area contributed by atoms with Gasteiger partial charge >= 0.3 is 0 Å². The molecule has 7 heteroatoms. The van der Waals surface area contributed by atoms with E-state index in [9.17, 15) is 0 Å². The van der Waals surface area contributed by atoms with Crippen LogP contribution in [0, 0.1) is 0 Å². The Balaban J connectivity index is 1.50. The maximum absolute atomic E-state index is 5.48. The number of anilines is 1. The predicted octanol–water partition coefficient (Wildman–Crippen LogP) is 1.32. The van der Waals surface area contributed by atoms with E-state index in [1.165, 1.54) is 11.3 Å². The Morgan fingerprint density at radius 3 is 2.77 bits per heavy atom. The number of aromatic nitrogens is 3. The van der Waals surface area contributed by atoms with Gasteiger partial charge in [0.05, 0.1) is 26.0 Å². The van der Waals surface area contributed by atoms with Crippen molar-refractivity contribution < 1.29 is 9.47 Å². The van der Waals surface area contributed by atoms with Crippen LogP contribution in [0.15, 0.2) is 24.7 Å². The molecular weight excluding hydrogens is 330 g/mol. The number of nitrogens with zero attached hydrogens (tertiary/aromatic N) is 5. The van der Waals surface area contributed by atoms with Crippen molar-refractivity contribution in [1.82, 2.24) is 19.9 Å². The van der Waals surface area contributed by atoms with Crippen LogP contribution in [-0.4, -0.2) is 66.4 Å². The van der Waals surface area contributed by atoms with Gasteiger partial charge in [-0.15, -0.1) is 0 Å². The molecule has 1 fully saturated rings. The van der Waals surface area contributed by atoms with Gasteiger partial charge in [0.15, 0.2) is 0 Å². The van der Waals surface area contributed by atoms with Crippen molar-refractivity contribution in [3.05, 3.63) is 41.5 Å². The first-order valence-electron chi connectivity index (χ1n) is 9.21. The largest absolute Gasteiger partial charge is 0.481 e. The normalized spacial score (nSPS) is 18.3. The first kappa shape index (κ1) is 17.2. The molecule has 0 radical (unpaired) electrons. The van der Waals surface area contributed by atoms with Crippen LogP contribution >= 0.6 is 0 Å². The predicted molar refractivity (Wildman–Crippen MR) is 98.5 cm³/mol. The molecule has 0 aliphatic carbocycles. The highest BCUT2D eigenvalue weighted by molar-refractivity contribution is 5.49. The van der Waals surface area contributed by atoms with Crippen molar-refractivity contribution in [3.8, 4) is 5.88 Å². The lowest BCUT2D eigenvalue weighted by atomic mass is 10.1. The lowest BCUT2D eigenvalue weighted by Crippen LogP contribution is -2.37. The second kappa shape index (κ2) is 7.97. The number of ether oxygens (including phenoxy) is 2. The van der Waals surface area contributed by atoms with Crippen LogP contribution in [0.2, 0.25) is 0 Å². The van der Waals surface area contributed by atoms with Gasteiger partial charge in [-0.3, -0.25) is 4.90 Å². The molecule has 7 nitrogen and oxygen atoms in total. The maximum Gasteiger partial charge on any atom is 0.217 e. The molecule has 2 aliphatic rings. The minimum Gasteiger partial charge on any atom is -0.481 e. The Kier molecular flexibility index (Phi) is 5.26. The van der Waals surface area contributed by atoms with E-state index in [0.29, 0.717) is 5.88 Å². The van der Waals surface area contributed by atoms with Crippen LogP contribution in [0.1, 0.15) is 16.8 Å². The Hall–Kier alpha value is -2.25. The summed E-state index contributed by atoms with van der Waals surface area (Å²) in [5, 5.41) is 0. The summed E-state index contributed by atoms with van der Waals surface area (Å²) in [5.41, 5.74) is 3.61. The number of pyridine rings is 1. The van der Waals surface area contributed by atoms with E-state index >= 15 is 0 Å². The number of rotatable bonds is 4. The molecule has 0 bridgehead atoms. The molecule has 4 rings (SSSR count). The number of fused-ring (bicyclic) bond motifs is 1. The fraction of sp³-hybridized carbons (Fsp3) is 0.526. The minimum absolute atomic E-state index is 0.711. The van der Waals surface area contributed by atoms with Crippen LogP contribution in [-0.2, 0) is 24.1 Å². The summed E-state index contributed by atoms with van der Waals surface area (Å²) in [5.74, 6) is 1.81. The fourth-order valence-corrected chi connectivity index (χ4v) is 3.73. The first-order chi connectivity index (χ1) is 12.8. The van der Waals surface area contributed by atoms with E-state index < -0.39 is 0 Å². The quantitative estimate of drug-likeness (QED) is 0.819. The summed E-state index contributed by atoms with van der Waals surface area (Å²) < 4.78 is 10.9. The molecule has 138 valence electrons. The third-order valence-electron chi connectivity index (χ3n) is 5.10. The Morgan fingerprint density at radius 1 is 1.08 bits per heavy atom. The number of hydrogen-bond acceptors (Lipinski definition) is 7. The molecule has 0 spiro atoms. The average molecular weight is 355 g/mol. The molecule has 4 heterocycles. The Labute approximate surface area is 154 Å². The van der Waals surface area contributed by atoms with Gasteiger partial charge in [-0.2, -0.15) is 0 Å². The zero-order chi connectivity index (χ0) is 17.8. The van der Waals surface area contributed by atoms with Crippen LogP contribution < -0.4 is 9.64 Å². The van der Waals surface area contributed by atoms with Gasteiger partial charge in [0, 0.05) is 56.5 Å². The van der Waals surface area contributed by atoms with E-state index in [2.05, 4.69) is 30.8 Å². The van der Waals surface area contributed by atoms with Gasteiger partial charge in [-0.1, -0.05) is 6.07 Å². The maximum atomic E-state index is 5.48. The van der Waals surface area contributed by atoms with E-state index in [1.54, 1.807) is 19.6 Å². The topological polar surface area (TPSA) is 63.6 Å². The SMILES string of the molecule is COc1ncccc1CN1CCc2ncnc(N3CCOCC3)c2CC1. The average Bonchev–Trinajstić information content (AvgIpc) is 2.91. The van der Waals surface area contributed by atoms with Gasteiger partial charge < -0.3 is 14.4 Å². The second-order valence-corrected chi connectivity index (χ2v) is 6.67. The highest BCUT2D eigenvalue weighted by Crippen LogP contribution is 2.25. The highest BCUT2D eigenvalue weighted by atomic mass is 16.5. The summed E-state index contributed by atoms with van der Waals surface area (Å²) >= 11 is 0. The van der Waals surface area contributed by atoms with E-state index in [1.807, 2.05) is 6.07 Å². The lowest BCUT2D eigenvalue weighted by molar-refractivity contribution is 0.122. The first-order valence-corrected chi connectivity index (χ1v) is 9.21. The molecule has 0 unspecified atom stereocenters. The molecule has 1 saturated heterocycles. The van der Waals surface area contributed by atoms with Crippen molar-refractivity contribution in [2.75, 3.05) is 51.4 Å². The van der Waals surface area contributed by atoms with Crippen molar-refractivity contribution in [2.45, 2.75) is 19.4 Å². The zero-order valence-corrected chi connectivity index (χ0v) is 15.2. The van der Waals surface area contributed by atoms with E-state index in [0.717, 1.165) is 70.2 Å². The minimum atomic E-state index is 0.711. The summed E-state index contributed by atoms with van der Waals surface area (Å²) in [6.45, 7) is 6.14. The van der Waals surface area contributed by atoms with Crippen molar-refractivity contribution in [2.24, 2.45) is 0 Å². The molecule has 2 aliphatic heterocycles. The molecule has 26 heavy (non-hydrogen) atoms. The van der Waals surface area contributed by atoms with Gasteiger partial charge in [0.1, 0.15) is 12.1 Å². The van der Waals surface area contributed by atoms with Crippen molar-refractivity contribution >= 4 is 5.82 Å². The third-order valence-corrected chi connectivity index (χ3v) is 5.10. The lowest BCUT2D eigenvalue weighted by Gasteiger charge is -2.29. The van der Waals surface area contributed by atoms with Gasteiger partial charge in [0.2, 0.25) is 5.88 Å². The Morgan fingerprint density at radius 2 is 1.92 bits per heavy atom. The molecule has 2 aromatic rings. The summed E-state index contributed by atoms with van der Waals surface area (Å²) in [6.07, 6.45) is 5.39. The summed E-state index contributed by atoms with van der Waals surface area (Å²) in [7, 11) is 1.67. The molecule has 0 N–H and O–H groups in total. The van der Waals surface area contributed by atoms with Crippen LogP contribution in [0.5, 0.6) is 5.88 Å². The molecular formula is C19H25N5O2. The van der Waals surface area contributed by atoms with Crippen LogP contribution in [0.25, 0.3) is 0 Å². The Bertz CT molecular complexity index is 748. The number of hydrogen-bond donors (Lipinski definition) is 0. The molecule has 0 amide bonds. The smallest absolute Gasteiger partial charge is 0.217 e. The highest BCUT2D eigenvalue weighted by Gasteiger charge is 2.23. The van der Waals surface area contributed by atoms with Gasteiger partial charge in [-0.25, -0.2) is 15.0 Å². The van der Waals surface area contributed by atoms with Crippen LogP contribution in [0.3, 0.4) is 0 Å². The zero-order valence-electron chi connectivity index (χ0n) is 15.2. The van der Waals surface area contributed by atoms with Crippen LogP contribution in [0.4, 0.5) is 5.82 Å².